The van der Waals surface area contributed by atoms with Crippen molar-refractivity contribution < 1.29 is 19.1 Å². The average molecular weight is 432 g/mol. The molecule has 0 unspecified atom stereocenters. The predicted octanol–water partition coefficient (Wildman–Crippen LogP) is 1.65. The Kier molecular flexibility index (Phi) is 7.09. The van der Waals surface area contributed by atoms with Gasteiger partial charge < -0.3 is 19.7 Å². The van der Waals surface area contributed by atoms with Gasteiger partial charge in [0, 0.05) is 20.7 Å². The van der Waals surface area contributed by atoms with E-state index in [1.807, 2.05) is 0 Å². The van der Waals surface area contributed by atoms with Crippen LogP contribution in [0.4, 0.5) is 0 Å². The Hall–Kier alpha value is -2.88. The first-order chi connectivity index (χ1) is 14.5. The highest BCUT2D eigenvalue weighted by Crippen LogP contribution is 2.32. The summed E-state index contributed by atoms with van der Waals surface area (Å²) in [6.07, 6.45) is 2.08. The molecular weight excluding hydrogens is 410 g/mol. The van der Waals surface area contributed by atoms with Gasteiger partial charge in [0.15, 0.2) is 0 Å². The van der Waals surface area contributed by atoms with Crippen LogP contribution < -0.4 is 5.32 Å². The molecule has 158 valence electrons. The molecule has 2 amide bonds. The molecule has 10 heteroatoms. The lowest BCUT2D eigenvalue weighted by Gasteiger charge is -2.40. The molecule has 1 fully saturated rings. The van der Waals surface area contributed by atoms with E-state index in [0.29, 0.717) is 30.1 Å². The van der Waals surface area contributed by atoms with Gasteiger partial charge in [-0.15, -0.1) is 0 Å². The molecule has 0 bridgehead atoms. The fourth-order valence-corrected chi connectivity index (χ4v) is 3.55. The van der Waals surface area contributed by atoms with E-state index in [4.69, 9.17) is 21.1 Å². The maximum atomic E-state index is 12.3. The van der Waals surface area contributed by atoms with E-state index >= 15 is 0 Å². The van der Waals surface area contributed by atoms with E-state index in [2.05, 4.69) is 26.8 Å². The summed E-state index contributed by atoms with van der Waals surface area (Å²) in [5, 5.41) is 2.75. The van der Waals surface area contributed by atoms with Gasteiger partial charge in [0.05, 0.1) is 30.6 Å². The van der Waals surface area contributed by atoms with E-state index < -0.39 is 6.10 Å². The minimum atomic E-state index is -0.484. The summed E-state index contributed by atoms with van der Waals surface area (Å²) in [5.41, 5.74) is 1.82. The van der Waals surface area contributed by atoms with E-state index in [1.54, 1.807) is 24.1 Å². The van der Waals surface area contributed by atoms with E-state index in [-0.39, 0.29) is 35.3 Å². The number of ether oxygens (including phenoxy) is 2. The minimum Gasteiger partial charge on any atom is -0.382 e. The van der Waals surface area contributed by atoms with Gasteiger partial charge in [0.25, 0.3) is 5.91 Å². The SMILES string of the molecule is C=CC(=O)N1CCO[C@@H](c2cc(Cl)nc(-c3cc(C(=O)NC)ncn3)c2)[C@@H]1COC. The van der Waals surface area contributed by atoms with Crippen LogP contribution in [0.1, 0.15) is 22.2 Å². The minimum absolute atomic E-state index is 0.197. The van der Waals surface area contributed by atoms with Gasteiger partial charge in [-0.1, -0.05) is 18.2 Å². The number of hydrogen-bond acceptors (Lipinski definition) is 7. The van der Waals surface area contributed by atoms with Crippen LogP contribution in [-0.2, 0) is 14.3 Å². The topological polar surface area (TPSA) is 107 Å². The highest BCUT2D eigenvalue weighted by molar-refractivity contribution is 6.29. The Labute approximate surface area is 179 Å². The number of halogens is 1. The molecule has 1 aliphatic rings. The number of hydrogen-bond donors (Lipinski definition) is 1. The number of methoxy groups -OCH3 is 1. The van der Waals surface area contributed by atoms with Crippen molar-refractivity contribution in [3.63, 3.8) is 0 Å². The quantitative estimate of drug-likeness (QED) is 0.547. The molecule has 0 radical (unpaired) electrons. The van der Waals surface area contributed by atoms with E-state index in [0.717, 1.165) is 0 Å². The Balaban J connectivity index is 2.00. The number of pyridine rings is 1. The molecule has 2 atom stereocenters. The van der Waals surface area contributed by atoms with Crippen molar-refractivity contribution >= 4 is 23.4 Å². The monoisotopic (exact) mass is 431 g/mol. The van der Waals surface area contributed by atoms with Gasteiger partial charge in [-0.2, -0.15) is 0 Å². The zero-order valence-corrected chi connectivity index (χ0v) is 17.4. The summed E-state index contributed by atoms with van der Waals surface area (Å²) >= 11 is 6.28. The lowest BCUT2D eigenvalue weighted by Crippen LogP contribution is -2.51. The van der Waals surface area contributed by atoms with E-state index in [9.17, 15) is 9.59 Å². The first-order valence-corrected chi connectivity index (χ1v) is 9.61. The molecule has 30 heavy (non-hydrogen) atoms. The molecule has 9 nitrogen and oxygen atoms in total. The number of carbonyl (C=O) groups is 2. The molecule has 0 spiro atoms. The van der Waals surface area contributed by atoms with Crippen LogP contribution in [0.3, 0.4) is 0 Å². The standard InChI is InChI=1S/C20H22ClN5O4/c1-4-18(27)26-5-6-30-19(16(26)10-29-3)12-7-14(25-17(21)8-12)13-9-15(20(28)22-2)24-11-23-13/h4,7-9,11,16,19H,1,5-6,10H2,2-3H3,(H,22,28)/t16-,19-/m0/s1. The number of rotatable bonds is 6. The number of nitrogens with zero attached hydrogens (tertiary/aromatic N) is 4. The third-order valence-corrected chi connectivity index (χ3v) is 4.90. The average Bonchev–Trinajstić information content (AvgIpc) is 2.78. The van der Waals surface area contributed by atoms with Gasteiger partial charge in [-0.05, 0) is 29.8 Å². The summed E-state index contributed by atoms with van der Waals surface area (Å²) in [6.45, 7) is 4.63. The molecular formula is C20H22ClN5O4. The molecule has 2 aromatic rings. The smallest absolute Gasteiger partial charge is 0.269 e. The third kappa shape index (κ3) is 4.64. The summed E-state index contributed by atoms with van der Waals surface area (Å²) in [7, 11) is 3.08. The lowest BCUT2D eigenvalue weighted by atomic mass is 9.99. The number of amides is 2. The number of nitrogens with one attached hydrogen (secondary N) is 1. The number of morpholine rings is 1. The molecule has 1 aliphatic heterocycles. The highest BCUT2D eigenvalue weighted by Gasteiger charge is 2.36. The first kappa shape index (κ1) is 21.8. The Morgan fingerprint density at radius 2 is 2.17 bits per heavy atom. The molecule has 0 aromatic carbocycles. The first-order valence-electron chi connectivity index (χ1n) is 9.24. The van der Waals surface area contributed by atoms with Crippen molar-refractivity contribution in [3.8, 4) is 11.4 Å². The lowest BCUT2D eigenvalue weighted by molar-refractivity contribution is -0.145. The molecule has 3 heterocycles. The normalized spacial score (nSPS) is 18.7. The Morgan fingerprint density at radius 3 is 2.87 bits per heavy atom. The van der Waals surface area contributed by atoms with Crippen LogP contribution in [0.5, 0.6) is 0 Å². The Morgan fingerprint density at radius 1 is 1.37 bits per heavy atom. The third-order valence-electron chi connectivity index (χ3n) is 4.71. The van der Waals surface area contributed by atoms with Crippen LogP contribution in [0.25, 0.3) is 11.4 Å². The van der Waals surface area contributed by atoms with Crippen LogP contribution >= 0.6 is 11.6 Å². The van der Waals surface area contributed by atoms with Crippen LogP contribution in [0.15, 0.2) is 37.2 Å². The molecule has 1 N–H and O–H groups in total. The van der Waals surface area contributed by atoms with Crippen molar-refractivity contribution in [3.05, 3.63) is 53.6 Å². The summed E-state index contributed by atoms with van der Waals surface area (Å²) in [6, 6.07) is 4.62. The second kappa shape index (κ2) is 9.75. The Bertz CT molecular complexity index is 955. The molecule has 1 saturated heterocycles. The molecule has 3 rings (SSSR count). The summed E-state index contributed by atoms with van der Waals surface area (Å²) in [5.74, 6) is -0.535. The van der Waals surface area contributed by atoms with Gasteiger partial charge in [-0.3, -0.25) is 9.59 Å². The maximum absolute atomic E-state index is 12.3. The van der Waals surface area contributed by atoms with Crippen LogP contribution in [0.2, 0.25) is 5.15 Å². The van der Waals surface area contributed by atoms with Gasteiger partial charge in [0.2, 0.25) is 5.91 Å². The van der Waals surface area contributed by atoms with Crippen molar-refractivity contribution in [2.45, 2.75) is 12.1 Å². The zero-order valence-electron chi connectivity index (χ0n) is 16.7. The van der Waals surface area contributed by atoms with Gasteiger partial charge in [0.1, 0.15) is 23.3 Å². The van der Waals surface area contributed by atoms with Crippen molar-refractivity contribution in [2.75, 3.05) is 33.9 Å². The van der Waals surface area contributed by atoms with Crippen LogP contribution in [-0.4, -0.2) is 71.6 Å². The second-order valence-electron chi connectivity index (χ2n) is 6.53. The van der Waals surface area contributed by atoms with Crippen molar-refractivity contribution in [1.82, 2.24) is 25.2 Å². The van der Waals surface area contributed by atoms with E-state index in [1.165, 1.54) is 25.5 Å². The predicted molar refractivity (Wildman–Crippen MR) is 110 cm³/mol. The highest BCUT2D eigenvalue weighted by atomic mass is 35.5. The molecule has 0 aliphatic carbocycles. The zero-order chi connectivity index (χ0) is 21.7. The van der Waals surface area contributed by atoms with Crippen molar-refractivity contribution in [1.29, 1.82) is 0 Å². The molecule has 2 aromatic heterocycles. The summed E-state index contributed by atoms with van der Waals surface area (Å²) < 4.78 is 11.3. The van der Waals surface area contributed by atoms with Crippen LogP contribution in [0, 0.1) is 0 Å². The summed E-state index contributed by atoms with van der Waals surface area (Å²) in [4.78, 5) is 38.4. The largest absolute Gasteiger partial charge is 0.382 e. The second-order valence-corrected chi connectivity index (χ2v) is 6.91. The fourth-order valence-electron chi connectivity index (χ4n) is 3.34. The van der Waals surface area contributed by atoms with Gasteiger partial charge >= 0.3 is 0 Å². The van der Waals surface area contributed by atoms with Crippen molar-refractivity contribution in [2.24, 2.45) is 0 Å². The fraction of sp³-hybridized carbons (Fsp3) is 0.350. The number of aromatic nitrogens is 3. The van der Waals surface area contributed by atoms with Gasteiger partial charge in [-0.25, -0.2) is 15.0 Å². The number of carbonyl (C=O) groups excluding carboxylic acids is 2. The molecule has 0 saturated carbocycles. The maximum Gasteiger partial charge on any atom is 0.269 e.